The lowest BCUT2D eigenvalue weighted by molar-refractivity contribution is 0.172. The molecule has 0 saturated heterocycles. The minimum Gasteiger partial charge on any atom is -0.496 e. The first-order chi connectivity index (χ1) is 12.1. The van der Waals surface area contributed by atoms with E-state index in [1.165, 1.54) is 15.9 Å². The van der Waals surface area contributed by atoms with Gasteiger partial charge in [0.15, 0.2) is 0 Å². The molecule has 0 fully saturated rings. The molecule has 0 amide bonds. The van der Waals surface area contributed by atoms with Crippen LogP contribution in [0.1, 0.15) is 29.2 Å². The van der Waals surface area contributed by atoms with Gasteiger partial charge in [0.1, 0.15) is 11.6 Å². The van der Waals surface area contributed by atoms with Crippen LogP contribution < -0.4 is 4.74 Å². The molecule has 2 heterocycles. The van der Waals surface area contributed by atoms with Crippen LogP contribution in [0.4, 0.5) is 0 Å². The maximum atomic E-state index is 10.8. The second-order valence-electron chi connectivity index (χ2n) is 5.64. The SMILES string of the molecule is CCN(CCO)C(c1ccccc1OC)c1sc2nc(C)nn2c1O. The average molecular weight is 362 g/mol. The quantitative estimate of drug-likeness (QED) is 0.671. The summed E-state index contributed by atoms with van der Waals surface area (Å²) in [5.74, 6) is 1.43. The van der Waals surface area contributed by atoms with Gasteiger partial charge in [-0.05, 0) is 19.5 Å². The fraction of sp³-hybridized carbons (Fsp3) is 0.412. The zero-order valence-corrected chi connectivity index (χ0v) is 15.3. The van der Waals surface area contributed by atoms with Gasteiger partial charge in [0, 0.05) is 12.1 Å². The van der Waals surface area contributed by atoms with Crippen molar-refractivity contribution in [3.63, 3.8) is 0 Å². The third-order valence-electron chi connectivity index (χ3n) is 4.15. The predicted octanol–water partition coefficient (Wildman–Crippen LogP) is 2.22. The highest BCUT2D eigenvalue weighted by Gasteiger charge is 2.30. The highest BCUT2D eigenvalue weighted by molar-refractivity contribution is 7.17. The van der Waals surface area contributed by atoms with Crippen molar-refractivity contribution in [3.05, 3.63) is 40.5 Å². The van der Waals surface area contributed by atoms with Crippen molar-refractivity contribution >= 4 is 16.3 Å². The van der Waals surface area contributed by atoms with Crippen LogP contribution in [-0.2, 0) is 0 Å². The van der Waals surface area contributed by atoms with Gasteiger partial charge in [0.2, 0.25) is 10.8 Å². The molecule has 1 aromatic carbocycles. The summed E-state index contributed by atoms with van der Waals surface area (Å²) in [6, 6.07) is 7.46. The van der Waals surface area contributed by atoms with E-state index in [9.17, 15) is 10.2 Å². The van der Waals surface area contributed by atoms with E-state index in [4.69, 9.17) is 4.74 Å². The second-order valence-corrected chi connectivity index (χ2v) is 6.65. The third-order valence-corrected chi connectivity index (χ3v) is 5.22. The molecule has 7 nitrogen and oxygen atoms in total. The number of thiazole rings is 1. The number of nitrogens with zero attached hydrogens (tertiary/aromatic N) is 4. The summed E-state index contributed by atoms with van der Waals surface area (Å²) in [5.41, 5.74) is 0.928. The first kappa shape index (κ1) is 17.7. The fourth-order valence-corrected chi connectivity index (χ4v) is 4.17. The molecule has 2 aromatic heterocycles. The van der Waals surface area contributed by atoms with Gasteiger partial charge in [-0.1, -0.05) is 36.5 Å². The molecule has 0 bridgehead atoms. The highest BCUT2D eigenvalue weighted by Crippen LogP contribution is 2.42. The van der Waals surface area contributed by atoms with Crippen molar-refractivity contribution in [1.29, 1.82) is 0 Å². The van der Waals surface area contributed by atoms with E-state index in [2.05, 4.69) is 15.0 Å². The summed E-state index contributed by atoms with van der Waals surface area (Å²) in [7, 11) is 1.63. The number of rotatable bonds is 7. The van der Waals surface area contributed by atoms with Crippen molar-refractivity contribution in [1.82, 2.24) is 19.5 Å². The van der Waals surface area contributed by atoms with Crippen LogP contribution in [-0.4, -0.2) is 56.5 Å². The molecule has 2 N–H and O–H groups in total. The number of ether oxygens (including phenoxy) is 1. The number of aromatic hydroxyl groups is 1. The van der Waals surface area contributed by atoms with E-state index in [1.807, 2.05) is 31.2 Å². The number of aliphatic hydroxyl groups is 1. The number of aliphatic hydroxyl groups excluding tert-OH is 1. The van der Waals surface area contributed by atoms with Gasteiger partial charge in [-0.25, -0.2) is 4.98 Å². The molecular weight excluding hydrogens is 340 g/mol. The third kappa shape index (κ3) is 3.20. The summed E-state index contributed by atoms with van der Waals surface area (Å²) in [6.45, 7) is 5.03. The Bertz CT molecular complexity index is 861. The number of aromatic nitrogens is 3. The van der Waals surface area contributed by atoms with Crippen LogP contribution in [0.5, 0.6) is 11.6 Å². The Morgan fingerprint density at radius 3 is 2.76 bits per heavy atom. The summed E-state index contributed by atoms with van der Waals surface area (Å²) >= 11 is 1.40. The Hall–Kier alpha value is -2.16. The van der Waals surface area contributed by atoms with Gasteiger partial charge in [-0.3, -0.25) is 4.90 Å². The average Bonchev–Trinajstić information content (AvgIpc) is 3.12. The molecule has 25 heavy (non-hydrogen) atoms. The minimum absolute atomic E-state index is 0.0279. The first-order valence-corrected chi connectivity index (χ1v) is 8.95. The van der Waals surface area contributed by atoms with Gasteiger partial charge >= 0.3 is 0 Å². The molecule has 3 rings (SSSR count). The molecule has 0 aliphatic rings. The smallest absolute Gasteiger partial charge is 0.230 e. The van der Waals surface area contributed by atoms with Crippen molar-refractivity contribution in [2.24, 2.45) is 0 Å². The lowest BCUT2D eigenvalue weighted by Gasteiger charge is -2.30. The topological polar surface area (TPSA) is 83.1 Å². The van der Waals surface area contributed by atoms with E-state index in [-0.39, 0.29) is 18.5 Å². The van der Waals surface area contributed by atoms with Crippen LogP contribution in [0.25, 0.3) is 4.96 Å². The molecule has 8 heteroatoms. The van der Waals surface area contributed by atoms with Gasteiger partial charge in [-0.2, -0.15) is 4.52 Å². The highest BCUT2D eigenvalue weighted by atomic mass is 32.1. The molecule has 134 valence electrons. The normalized spacial score (nSPS) is 12.8. The standard InChI is InChI=1S/C17H22N4O3S/c1-4-20(9-10-22)14(12-7-5-6-8-13(12)24-3)15-16(23)21-17(25-15)18-11(2)19-21/h5-8,14,22-23H,4,9-10H2,1-3H3. The van der Waals surface area contributed by atoms with Crippen molar-refractivity contribution < 1.29 is 14.9 Å². The maximum absolute atomic E-state index is 10.8. The van der Waals surface area contributed by atoms with Gasteiger partial charge in [0.05, 0.1) is 24.6 Å². The van der Waals surface area contributed by atoms with Gasteiger partial charge < -0.3 is 14.9 Å². The molecule has 0 spiro atoms. The Morgan fingerprint density at radius 1 is 1.36 bits per heavy atom. The zero-order chi connectivity index (χ0) is 18.0. The Morgan fingerprint density at radius 2 is 2.12 bits per heavy atom. The first-order valence-electron chi connectivity index (χ1n) is 8.13. The van der Waals surface area contributed by atoms with E-state index >= 15 is 0 Å². The second kappa shape index (κ2) is 7.38. The van der Waals surface area contributed by atoms with Crippen LogP contribution in [0.3, 0.4) is 0 Å². The summed E-state index contributed by atoms with van der Waals surface area (Å²) in [4.78, 5) is 7.82. The minimum atomic E-state index is -0.262. The maximum Gasteiger partial charge on any atom is 0.230 e. The molecule has 0 saturated carbocycles. The number of likely N-dealkylation sites (N-methyl/N-ethyl adjacent to an activating group) is 1. The molecule has 1 atom stereocenters. The molecule has 0 radical (unpaired) electrons. The van der Waals surface area contributed by atoms with Gasteiger partial charge in [0.25, 0.3) is 0 Å². The summed E-state index contributed by atoms with van der Waals surface area (Å²) in [6.07, 6.45) is 0. The van der Waals surface area contributed by atoms with E-state index in [0.29, 0.717) is 23.9 Å². The molecule has 3 aromatic rings. The van der Waals surface area contributed by atoms with E-state index < -0.39 is 0 Å². The number of benzene rings is 1. The number of aryl methyl sites for hydroxylation is 1. The van der Waals surface area contributed by atoms with Crippen LogP contribution >= 0.6 is 11.3 Å². The molecule has 0 aliphatic heterocycles. The van der Waals surface area contributed by atoms with Crippen molar-refractivity contribution in [2.45, 2.75) is 19.9 Å². The van der Waals surface area contributed by atoms with E-state index in [0.717, 1.165) is 16.2 Å². The monoisotopic (exact) mass is 362 g/mol. The van der Waals surface area contributed by atoms with Crippen LogP contribution in [0.15, 0.2) is 24.3 Å². The number of methoxy groups -OCH3 is 1. The lowest BCUT2D eigenvalue weighted by Crippen LogP contribution is -2.32. The summed E-state index contributed by atoms with van der Waals surface area (Å²) in [5, 5.41) is 24.5. The largest absolute Gasteiger partial charge is 0.496 e. The number of para-hydroxylation sites is 1. The predicted molar refractivity (Wildman–Crippen MR) is 96.4 cm³/mol. The van der Waals surface area contributed by atoms with Gasteiger partial charge in [-0.15, -0.1) is 5.10 Å². The summed E-state index contributed by atoms with van der Waals surface area (Å²) < 4.78 is 6.99. The number of hydrogen-bond donors (Lipinski definition) is 2. The van der Waals surface area contributed by atoms with Crippen molar-refractivity contribution in [2.75, 3.05) is 26.8 Å². The Labute approximate surface area is 150 Å². The van der Waals surface area contributed by atoms with Crippen LogP contribution in [0.2, 0.25) is 0 Å². The fourth-order valence-electron chi connectivity index (χ4n) is 3.02. The molecular formula is C17H22N4O3S. The van der Waals surface area contributed by atoms with Crippen molar-refractivity contribution in [3.8, 4) is 11.6 Å². The number of hydrogen-bond acceptors (Lipinski definition) is 7. The van der Waals surface area contributed by atoms with E-state index in [1.54, 1.807) is 14.0 Å². The number of fused-ring (bicyclic) bond motifs is 1. The molecule has 1 unspecified atom stereocenters. The van der Waals surface area contributed by atoms with Crippen LogP contribution in [0, 0.1) is 6.92 Å². The zero-order valence-electron chi connectivity index (χ0n) is 14.5. The molecule has 0 aliphatic carbocycles. The lowest BCUT2D eigenvalue weighted by atomic mass is 10.0. The Balaban J connectivity index is 2.18. The Kier molecular flexibility index (Phi) is 5.22.